The summed E-state index contributed by atoms with van der Waals surface area (Å²) in [5.74, 6) is -1.51. The number of carbonyl (C=O) groups is 1. The lowest BCUT2D eigenvalue weighted by atomic mass is 10.0. The van der Waals surface area contributed by atoms with Crippen LogP contribution in [0, 0.1) is 5.82 Å². The van der Waals surface area contributed by atoms with E-state index in [0.29, 0.717) is 16.7 Å². The molecule has 0 amide bonds. The summed E-state index contributed by atoms with van der Waals surface area (Å²) in [5.41, 5.74) is 0.490. The molecule has 36 heavy (non-hydrogen) atoms. The molecule has 0 saturated carbocycles. The van der Waals surface area contributed by atoms with E-state index in [2.05, 4.69) is 20.4 Å². The number of anilines is 2. The molecule has 0 bridgehead atoms. The van der Waals surface area contributed by atoms with Gasteiger partial charge in [-0.1, -0.05) is 18.2 Å². The van der Waals surface area contributed by atoms with E-state index in [1.165, 1.54) is 37.6 Å². The Labute approximate surface area is 201 Å². The Kier molecular flexibility index (Phi) is 6.68. The molecular weight excluding hydrogens is 482 g/mol. The lowest BCUT2D eigenvalue weighted by Gasteiger charge is -2.13. The molecule has 2 aromatic carbocycles. The summed E-state index contributed by atoms with van der Waals surface area (Å²) in [6.07, 6.45) is 0.141. The van der Waals surface area contributed by atoms with E-state index in [9.17, 15) is 22.4 Å². The van der Waals surface area contributed by atoms with Crippen LogP contribution >= 0.6 is 0 Å². The monoisotopic (exact) mass is 499 g/mol. The van der Waals surface area contributed by atoms with Gasteiger partial charge in [0.1, 0.15) is 11.6 Å². The Hall–Kier alpha value is -4.74. The molecule has 12 heteroatoms. The van der Waals surface area contributed by atoms with Crippen molar-refractivity contribution in [1.29, 1.82) is 0 Å². The zero-order chi connectivity index (χ0) is 25.9. The molecule has 0 spiro atoms. The Bertz CT molecular complexity index is 1450. The van der Waals surface area contributed by atoms with Gasteiger partial charge in [0.05, 0.1) is 7.11 Å². The average molecular weight is 499 g/mol. The molecule has 0 aliphatic rings. The van der Waals surface area contributed by atoms with E-state index in [1.54, 1.807) is 24.3 Å². The van der Waals surface area contributed by atoms with Gasteiger partial charge >= 0.3 is 12.1 Å². The van der Waals surface area contributed by atoms with Crippen LogP contribution in [0.5, 0.6) is 5.75 Å². The fourth-order valence-electron chi connectivity index (χ4n) is 3.26. The summed E-state index contributed by atoms with van der Waals surface area (Å²) in [5, 5.41) is 15.3. The average Bonchev–Trinajstić information content (AvgIpc) is 3.33. The second kappa shape index (κ2) is 9.86. The van der Waals surface area contributed by atoms with Crippen molar-refractivity contribution in [2.75, 3.05) is 12.4 Å². The number of carboxylic acid groups (broad SMARTS) is 1. The number of aliphatic carboxylic acids is 1. The zero-order valence-electron chi connectivity index (χ0n) is 18.5. The minimum absolute atomic E-state index is 0.00531. The molecule has 4 aromatic rings. The number of rotatable bonds is 7. The number of hydrogen-bond donors (Lipinski definition) is 2. The highest BCUT2D eigenvalue weighted by molar-refractivity contribution is 5.86. The summed E-state index contributed by atoms with van der Waals surface area (Å²) in [6.45, 7) is 0. The van der Waals surface area contributed by atoms with Crippen LogP contribution in [0.15, 0.2) is 67.0 Å². The van der Waals surface area contributed by atoms with Crippen molar-refractivity contribution >= 4 is 23.7 Å². The molecule has 0 saturated heterocycles. The lowest BCUT2D eigenvalue weighted by molar-refractivity contribution is -0.141. The van der Waals surface area contributed by atoms with Gasteiger partial charge in [0.25, 0.3) is 0 Å². The largest absolute Gasteiger partial charge is 0.497 e. The number of nitrogens with zero attached hydrogens (tertiary/aromatic N) is 4. The molecule has 2 N–H and O–H groups in total. The maximum Gasteiger partial charge on any atom is 0.435 e. The van der Waals surface area contributed by atoms with E-state index >= 15 is 0 Å². The molecule has 0 fully saturated rings. The van der Waals surface area contributed by atoms with Gasteiger partial charge in [-0.3, -0.25) is 0 Å². The first kappa shape index (κ1) is 24.4. The van der Waals surface area contributed by atoms with Crippen LogP contribution in [0.25, 0.3) is 23.0 Å². The molecule has 0 aliphatic carbocycles. The van der Waals surface area contributed by atoms with Crippen LogP contribution in [0.3, 0.4) is 0 Å². The number of carboxylic acids is 1. The predicted octanol–water partition coefficient (Wildman–Crippen LogP) is 5.34. The van der Waals surface area contributed by atoms with E-state index in [4.69, 9.17) is 9.84 Å². The van der Waals surface area contributed by atoms with Crippen LogP contribution in [0.2, 0.25) is 0 Å². The van der Waals surface area contributed by atoms with Gasteiger partial charge in [0, 0.05) is 41.9 Å². The van der Waals surface area contributed by atoms with Crippen molar-refractivity contribution in [3.05, 3.63) is 84.1 Å². The summed E-state index contributed by atoms with van der Waals surface area (Å²) < 4.78 is 59.5. The number of methoxy groups -OCH3 is 1. The highest BCUT2D eigenvalue weighted by Crippen LogP contribution is 2.31. The molecule has 184 valence electrons. The van der Waals surface area contributed by atoms with E-state index in [0.717, 1.165) is 23.0 Å². The molecule has 0 aliphatic heterocycles. The highest BCUT2D eigenvalue weighted by Gasteiger charge is 2.34. The minimum atomic E-state index is -4.67. The number of benzene rings is 2. The summed E-state index contributed by atoms with van der Waals surface area (Å²) >= 11 is 0. The molecule has 2 aromatic heterocycles. The normalized spacial score (nSPS) is 11.6. The first-order valence-electron chi connectivity index (χ1n) is 10.3. The maximum absolute atomic E-state index is 13.9. The molecular formula is C24H17F4N5O3. The van der Waals surface area contributed by atoms with Crippen LogP contribution < -0.4 is 10.1 Å². The van der Waals surface area contributed by atoms with E-state index < -0.39 is 23.7 Å². The van der Waals surface area contributed by atoms with Crippen molar-refractivity contribution in [2.45, 2.75) is 6.18 Å². The van der Waals surface area contributed by atoms with Crippen LogP contribution in [-0.2, 0) is 11.0 Å². The number of nitrogens with one attached hydrogen (secondary N) is 1. The van der Waals surface area contributed by atoms with Crippen molar-refractivity contribution in [2.24, 2.45) is 0 Å². The van der Waals surface area contributed by atoms with Gasteiger partial charge in [0.15, 0.2) is 11.5 Å². The van der Waals surface area contributed by atoms with Crippen LogP contribution in [-0.4, -0.2) is 37.9 Å². The molecule has 2 heterocycles. The quantitative estimate of drug-likeness (QED) is 0.262. The van der Waals surface area contributed by atoms with Crippen LogP contribution in [0.1, 0.15) is 11.3 Å². The van der Waals surface area contributed by atoms with Crippen molar-refractivity contribution in [3.8, 4) is 22.7 Å². The smallest absolute Gasteiger partial charge is 0.435 e. The van der Waals surface area contributed by atoms with Gasteiger partial charge in [-0.25, -0.2) is 18.9 Å². The van der Waals surface area contributed by atoms with Crippen LogP contribution in [0.4, 0.5) is 29.2 Å². The molecule has 0 radical (unpaired) electrons. The third kappa shape index (κ3) is 5.66. The summed E-state index contributed by atoms with van der Waals surface area (Å²) in [6, 6.07) is 11.3. The third-order valence-corrected chi connectivity index (χ3v) is 4.84. The highest BCUT2D eigenvalue weighted by atomic mass is 19.4. The third-order valence-electron chi connectivity index (χ3n) is 4.84. The number of hydrogen-bond acceptors (Lipinski definition) is 6. The predicted molar refractivity (Wildman–Crippen MR) is 122 cm³/mol. The Morgan fingerprint density at radius 2 is 1.97 bits per heavy atom. The standard InChI is InChI=1S/C24H17F4N5O3/c1-36-18-11-16(25)10-17(12-18)30-23-29-13-19(15-4-2-3-14(9-15)5-6-21(34)35)22(31-23)33-8-7-20(32-33)24(26,27)28/h2-13H,1H3,(H,34,35)(H,29,30,31). The number of ether oxygens (including phenoxy) is 1. The molecule has 0 unspecified atom stereocenters. The number of halogens is 4. The molecule has 4 rings (SSSR count). The fourth-order valence-corrected chi connectivity index (χ4v) is 3.26. The van der Waals surface area contributed by atoms with E-state index in [1.807, 2.05) is 0 Å². The Balaban J connectivity index is 1.80. The van der Waals surface area contributed by atoms with Gasteiger partial charge < -0.3 is 15.2 Å². The number of aromatic nitrogens is 4. The van der Waals surface area contributed by atoms with Crippen molar-refractivity contribution in [3.63, 3.8) is 0 Å². The van der Waals surface area contributed by atoms with Gasteiger partial charge in [-0.2, -0.15) is 23.3 Å². The second-order valence-corrected chi connectivity index (χ2v) is 7.38. The summed E-state index contributed by atoms with van der Waals surface area (Å²) in [7, 11) is 1.37. The second-order valence-electron chi connectivity index (χ2n) is 7.38. The van der Waals surface area contributed by atoms with E-state index in [-0.39, 0.29) is 23.2 Å². The lowest BCUT2D eigenvalue weighted by Crippen LogP contribution is -2.10. The maximum atomic E-state index is 13.9. The zero-order valence-corrected chi connectivity index (χ0v) is 18.5. The summed E-state index contributed by atoms with van der Waals surface area (Å²) in [4.78, 5) is 19.4. The topological polar surface area (TPSA) is 102 Å². The minimum Gasteiger partial charge on any atom is -0.497 e. The first-order chi connectivity index (χ1) is 17.1. The van der Waals surface area contributed by atoms with Gasteiger partial charge in [0.2, 0.25) is 5.95 Å². The Morgan fingerprint density at radius 3 is 2.67 bits per heavy atom. The first-order valence-corrected chi connectivity index (χ1v) is 10.3. The van der Waals surface area contributed by atoms with Crippen molar-refractivity contribution < 1.29 is 32.2 Å². The SMILES string of the molecule is COc1cc(F)cc(Nc2ncc(-c3cccc(C=CC(=O)O)c3)c(-n3ccc(C(F)(F)F)n3)n2)c1. The molecule has 8 nitrogen and oxygen atoms in total. The number of alkyl halides is 3. The molecule has 0 atom stereocenters. The fraction of sp³-hybridized carbons (Fsp3) is 0.0833. The Morgan fingerprint density at radius 1 is 1.17 bits per heavy atom. The van der Waals surface area contributed by atoms with Gasteiger partial charge in [-0.15, -0.1) is 0 Å². The van der Waals surface area contributed by atoms with Gasteiger partial charge in [-0.05, 0) is 35.4 Å². The van der Waals surface area contributed by atoms with Crippen molar-refractivity contribution in [1.82, 2.24) is 19.7 Å².